The lowest BCUT2D eigenvalue weighted by Crippen LogP contribution is -2.26. The summed E-state index contributed by atoms with van der Waals surface area (Å²) in [6.07, 6.45) is 1.78. The first-order chi connectivity index (χ1) is 16.9. The van der Waals surface area contributed by atoms with Crippen molar-refractivity contribution in [3.05, 3.63) is 78.8 Å². The number of amides is 1. The first kappa shape index (κ1) is 23.4. The molecule has 2 aromatic heterocycles. The van der Waals surface area contributed by atoms with E-state index in [2.05, 4.69) is 15.3 Å². The zero-order chi connectivity index (χ0) is 24.5. The maximum Gasteiger partial charge on any atom is 0.258 e. The van der Waals surface area contributed by atoms with Gasteiger partial charge in [-0.25, -0.2) is 0 Å². The molecule has 3 heterocycles. The van der Waals surface area contributed by atoms with E-state index >= 15 is 0 Å². The predicted octanol–water partition coefficient (Wildman–Crippen LogP) is 3.35. The minimum atomic E-state index is -0.445. The Kier molecular flexibility index (Phi) is 6.50. The Morgan fingerprint density at radius 1 is 1.34 bits per heavy atom. The number of aromatic amines is 1. The van der Waals surface area contributed by atoms with Crippen LogP contribution in [0.1, 0.15) is 46.6 Å². The Hall–Kier alpha value is -3.34. The standard InChI is InChI=1S/C25H24N4O4S2/c1-14(15-6-3-2-4-7-15)27-22(30)16-9-10-18-19(12-16)29-21(28-23(18)31)20(35-25(29)34)24(32)26-13-17-8-5-11-33-17/h2-4,6-7,9-10,12,14,17H,5,8,11,13H2,1H3,(H,26,32)(H,27,30)(H,28,31)/p-1. The molecule has 180 valence electrons. The van der Waals surface area contributed by atoms with Crippen molar-refractivity contribution in [1.29, 1.82) is 0 Å². The average molecular weight is 508 g/mol. The fraction of sp³-hybridized carbons (Fsp3) is 0.280. The SMILES string of the molecule is CC(NC(=O)c1ccc2c(=O)[nH]c3c(C([O-])=NCC4CCCO4)sc(=S)n3c2c1)c1ccccc1. The molecule has 1 aliphatic rings. The first-order valence-corrected chi connectivity index (χ1v) is 12.6. The highest BCUT2D eigenvalue weighted by Gasteiger charge is 2.18. The number of H-pyrrole nitrogens is 1. The van der Waals surface area contributed by atoms with Crippen LogP contribution in [0.25, 0.3) is 16.6 Å². The lowest BCUT2D eigenvalue weighted by Gasteiger charge is -2.15. The zero-order valence-electron chi connectivity index (χ0n) is 18.9. The summed E-state index contributed by atoms with van der Waals surface area (Å²) in [5, 5.41) is 16.2. The van der Waals surface area contributed by atoms with Gasteiger partial charge >= 0.3 is 0 Å². The lowest BCUT2D eigenvalue weighted by molar-refractivity contribution is -0.212. The first-order valence-electron chi connectivity index (χ1n) is 11.3. The van der Waals surface area contributed by atoms with Gasteiger partial charge in [0.2, 0.25) is 0 Å². The Morgan fingerprint density at radius 3 is 2.89 bits per heavy atom. The number of nitrogens with one attached hydrogen (secondary N) is 2. The minimum Gasteiger partial charge on any atom is -0.858 e. The summed E-state index contributed by atoms with van der Waals surface area (Å²) in [5.74, 6) is -0.721. The second kappa shape index (κ2) is 9.73. The quantitative estimate of drug-likeness (QED) is 0.236. The van der Waals surface area contributed by atoms with E-state index in [1.165, 1.54) is 0 Å². The van der Waals surface area contributed by atoms with Crippen LogP contribution < -0.4 is 16.0 Å². The number of ether oxygens (including phenoxy) is 1. The number of hydrogen-bond acceptors (Lipinski definition) is 7. The van der Waals surface area contributed by atoms with E-state index in [1.54, 1.807) is 22.6 Å². The molecule has 0 saturated carbocycles. The Morgan fingerprint density at radius 2 is 2.14 bits per heavy atom. The van der Waals surface area contributed by atoms with Crippen molar-refractivity contribution in [2.24, 2.45) is 4.99 Å². The van der Waals surface area contributed by atoms with Crippen LogP contribution in [-0.2, 0) is 4.74 Å². The van der Waals surface area contributed by atoms with E-state index in [-0.39, 0.29) is 40.7 Å². The highest BCUT2D eigenvalue weighted by Crippen LogP contribution is 2.24. The molecule has 5 rings (SSSR count). The second-order valence-electron chi connectivity index (χ2n) is 8.45. The lowest BCUT2D eigenvalue weighted by atomic mass is 10.1. The molecule has 1 aliphatic heterocycles. The van der Waals surface area contributed by atoms with Crippen LogP contribution in [0, 0.1) is 3.95 Å². The van der Waals surface area contributed by atoms with E-state index in [4.69, 9.17) is 17.0 Å². The number of benzene rings is 2. The van der Waals surface area contributed by atoms with Crippen LogP contribution in [0.15, 0.2) is 58.3 Å². The van der Waals surface area contributed by atoms with Crippen LogP contribution in [0.4, 0.5) is 0 Å². The maximum absolute atomic E-state index is 13.0. The fourth-order valence-electron chi connectivity index (χ4n) is 4.23. The molecule has 8 nitrogen and oxygen atoms in total. The molecule has 2 atom stereocenters. The summed E-state index contributed by atoms with van der Waals surface area (Å²) in [4.78, 5) is 33.0. The normalized spacial score (nSPS) is 17.2. The van der Waals surface area contributed by atoms with E-state index in [9.17, 15) is 14.7 Å². The molecule has 1 fully saturated rings. The van der Waals surface area contributed by atoms with Crippen molar-refractivity contribution < 1.29 is 14.6 Å². The number of hydrogen-bond donors (Lipinski definition) is 2. The number of aliphatic imine (C=N–C) groups is 1. The maximum atomic E-state index is 13.0. The van der Waals surface area contributed by atoms with Crippen molar-refractivity contribution in [1.82, 2.24) is 14.7 Å². The second-order valence-corrected chi connectivity index (χ2v) is 10.1. The smallest absolute Gasteiger partial charge is 0.258 e. The molecule has 4 aromatic rings. The highest BCUT2D eigenvalue weighted by molar-refractivity contribution is 7.73. The third kappa shape index (κ3) is 4.64. The topological polar surface area (TPSA) is 111 Å². The molecule has 1 saturated heterocycles. The number of nitrogens with zero attached hydrogens (tertiary/aromatic N) is 2. The Bertz CT molecular complexity index is 1550. The summed E-state index contributed by atoms with van der Waals surface area (Å²) >= 11 is 6.63. The third-order valence-corrected chi connectivity index (χ3v) is 7.45. The number of carbonyl (C=O) groups excluding carboxylic acids is 1. The number of aromatic nitrogens is 2. The van der Waals surface area contributed by atoms with Crippen molar-refractivity contribution in [2.75, 3.05) is 13.2 Å². The molecule has 2 N–H and O–H groups in total. The van der Waals surface area contributed by atoms with Gasteiger partial charge in [0.25, 0.3) is 11.5 Å². The van der Waals surface area contributed by atoms with Gasteiger partial charge < -0.3 is 20.1 Å². The highest BCUT2D eigenvalue weighted by atomic mass is 32.1. The van der Waals surface area contributed by atoms with E-state index in [0.29, 0.717) is 27.0 Å². The molecule has 0 bridgehead atoms. The van der Waals surface area contributed by atoms with Crippen LogP contribution >= 0.6 is 23.6 Å². The molecule has 35 heavy (non-hydrogen) atoms. The summed E-state index contributed by atoms with van der Waals surface area (Å²) in [6, 6.07) is 14.3. The predicted molar refractivity (Wildman–Crippen MR) is 137 cm³/mol. The number of fused-ring (bicyclic) bond motifs is 3. The van der Waals surface area contributed by atoms with Gasteiger partial charge in [-0.05, 0) is 55.7 Å². The van der Waals surface area contributed by atoms with Gasteiger partial charge in [-0.3, -0.25) is 19.0 Å². The molecule has 2 unspecified atom stereocenters. The number of carbonyl (C=O) groups is 1. The molecule has 0 spiro atoms. The zero-order valence-corrected chi connectivity index (χ0v) is 20.6. The van der Waals surface area contributed by atoms with Gasteiger partial charge in [-0.1, -0.05) is 30.3 Å². The van der Waals surface area contributed by atoms with Crippen molar-refractivity contribution in [3.8, 4) is 0 Å². The molecule has 1 amide bonds. The molecule has 10 heteroatoms. The number of thiazole rings is 1. The van der Waals surface area contributed by atoms with E-state index in [1.807, 2.05) is 37.3 Å². The van der Waals surface area contributed by atoms with Gasteiger partial charge in [0.05, 0.1) is 34.5 Å². The van der Waals surface area contributed by atoms with E-state index < -0.39 is 5.90 Å². The van der Waals surface area contributed by atoms with Crippen molar-refractivity contribution >= 4 is 51.9 Å². The van der Waals surface area contributed by atoms with Gasteiger partial charge in [0.1, 0.15) is 5.65 Å². The van der Waals surface area contributed by atoms with Crippen LogP contribution in [0.3, 0.4) is 0 Å². The Labute approximate surface area is 209 Å². The molecule has 2 aromatic carbocycles. The van der Waals surface area contributed by atoms with Crippen molar-refractivity contribution in [3.63, 3.8) is 0 Å². The minimum absolute atomic E-state index is 0.0555. The molecular weight excluding hydrogens is 484 g/mol. The number of rotatable bonds is 6. The molecule has 0 radical (unpaired) electrons. The van der Waals surface area contributed by atoms with Gasteiger partial charge in [-0.2, -0.15) is 0 Å². The summed E-state index contributed by atoms with van der Waals surface area (Å²) in [7, 11) is 0. The van der Waals surface area contributed by atoms with Gasteiger partial charge in [0, 0.05) is 18.1 Å². The van der Waals surface area contributed by atoms with E-state index in [0.717, 1.165) is 29.7 Å². The van der Waals surface area contributed by atoms with Crippen LogP contribution in [0.5, 0.6) is 0 Å². The summed E-state index contributed by atoms with van der Waals surface area (Å²) in [5.41, 5.74) is 1.74. The third-order valence-electron chi connectivity index (χ3n) is 6.09. The van der Waals surface area contributed by atoms with Crippen LogP contribution in [-0.4, -0.2) is 40.4 Å². The largest absolute Gasteiger partial charge is 0.858 e. The molecule has 0 aliphatic carbocycles. The average Bonchev–Trinajstić information content (AvgIpc) is 3.50. The fourth-order valence-corrected chi connectivity index (χ4v) is 5.51. The van der Waals surface area contributed by atoms with Crippen molar-refractivity contribution in [2.45, 2.75) is 31.9 Å². The van der Waals surface area contributed by atoms with Crippen LogP contribution in [0.2, 0.25) is 0 Å². The monoisotopic (exact) mass is 507 g/mol. The summed E-state index contributed by atoms with van der Waals surface area (Å²) < 4.78 is 7.55. The summed E-state index contributed by atoms with van der Waals surface area (Å²) in [6.45, 7) is 2.86. The molecular formula is C25H23N4O4S2-. The Balaban J connectivity index is 1.52. The van der Waals surface area contributed by atoms with Gasteiger partial charge in [-0.15, -0.1) is 11.3 Å². The van der Waals surface area contributed by atoms with Gasteiger partial charge in [0.15, 0.2) is 3.95 Å².